The van der Waals surface area contributed by atoms with E-state index >= 15 is 0 Å². The first-order chi connectivity index (χ1) is 9.72. The Bertz CT molecular complexity index is 433. The van der Waals surface area contributed by atoms with Gasteiger partial charge in [0.15, 0.2) is 5.84 Å². The van der Waals surface area contributed by atoms with E-state index in [9.17, 15) is 0 Å². The molecule has 0 heterocycles. The lowest BCUT2D eigenvalue weighted by Crippen LogP contribution is -2.15. The Hall–Kier alpha value is -1.91. The number of oxime groups is 1. The minimum Gasteiger partial charge on any atom is -0.497 e. The lowest BCUT2D eigenvalue weighted by atomic mass is 10.1. The third kappa shape index (κ3) is 4.99. The van der Waals surface area contributed by atoms with Crippen molar-refractivity contribution in [2.75, 3.05) is 13.7 Å². The minimum atomic E-state index is 0.0358. The van der Waals surface area contributed by atoms with Crippen LogP contribution in [0.4, 0.5) is 0 Å². The number of benzene rings is 1. The molecule has 0 aliphatic rings. The minimum absolute atomic E-state index is 0.0358. The zero-order valence-corrected chi connectivity index (χ0v) is 12.3. The van der Waals surface area contributed by atoms with Gasteiger partial charge < -0.3 is 20.4 Å². The third-order valence-electron chi connectivity index (χ3n) is 3.08. The van der Waals surface area contributed by atoms with Crippen molar-refractivity contribution in [3.05, 3.63) is 23.8 Å². The SMILES string of the molecule is CCCCCCCOc1cc(OC)ccc1/C(N)=N/O. The number of unbranched alkanes of at least 4 members (excludes halogenated alkanes) is 4. The zero-order chi connectivity index (χ0) is 14.8. The van der Waals surface area contributed by atoms with Crippen LogP contribution in [0, 0.1) is 0 Å². The molecule has 0 radical (unpaired) electrons. The normalized spacial score (nSPS) is 11.4. The van der Waals surface area contributed by atoms with Crippen molar-refractivity contribution in [2.24, 2.45) is 10.9 Å². The molecule has 0 unspecified atom stereocenters. The predicted octanol–water partition coefficient (Wildman–Crippen LogP) is 3.14. The highest BCUT2D eigenvalue weighted by Gasteiger charge is 2.10. The maximum Gasteiger partial charge on any atom is 0.173 e. The zero-order valence-electron chi connectivity index (χ0n) is 12.3. The van der Waals surface area contributed by atoms with Gasteiger partial charge in [-0.1, -0.05) is 37.8 Å². The third-order valence-corrected chi connectivity index (χ3v) is 3.08. The molecule has 5 heteroatoms. The molecular weight excluding hydrogens is 256 g/mol. The van der Waals surface area contributed by atoms with Gasteiger partial charge in [-0.05, 0) is 18.6 Å². The van der Waals surface area contributed by atoms with Crippen LogP contribution in [0.3, 0.4) is 0 Å². The molecule has 3 N–H and O–H groups in total. The van der Waals surface area contributed by atoms with Gasteiger partial charge in [0.05, 0.1) is 19.3 Å². The second-order valence-electron chi connectivity index (χ2n) is 4.61. The van der Waals surface area contributed by atoms with Crippen molar-refractivity contribution in [1.82, 2.24) is 0 Å². The molecule has 0 saturated heterocycles. The molecule has 0 atom stereocenters. The highest BCUT2D eigenvalue weighted by molar-refractivity contribution is 5.99. The van der Waals surface area contributed by atoms with Crippen LogP contribution in [0.15, 0.2) is 23.4 Å². The van der Waals surface area contributed by atoms with Crippen LogP contribution in [0.1, 0.15) is 44.6 Å². The summed E-state index contributed by atoms with van der Waals surface area (Å²) in [5, 5.41) is 11.8. The molecule has 0 amide bonds. The van der Waals surface area contributed by atoms with Gasteiger partial charge in [0.1, 0.15) is 11.5 Å². The molecule has 0 fully saturated rings. The summed E-state index contributed by atoms with van der Waals surface area (Å²) in [6, 6.07) is 5.22. The molecule has 1 aromatic rings. The first-order valence-electron chi connectivity index (χ1n) is 7.01. The van der Waals surface area contributed by atoms with Crippen molar-refractivity contribution in [1.29, 1.82) is 0 Å². The Labute approximate surface area is 120 Å². The van der Waals surface area contributed by atoms with E-state index in [1.54, 1.807) is 25.3 Å². The largest absolute Gasteiger partial charge is 0.497 e. The topological polar surface area (TPSA) is 77.1 Å². The summed E-state index contributed by atoms with van der Waals surface area (Å²) in [5.74, 6) is 1.30. The number of nitrogens with two attached hydrogens (primary N) is 1. The number of methoxy groups -OCH3 is 1. The highest BCUT2D eigenvalue weighted by Crippen LogP contribution is 2.25. The molecule has 0 bridgehead atoms. The van der Waals surface area contributed by atoms with E-state index in [2.05, 4.69) is 12.1 Å². The summed E-state index contributed by atoms with van der Waals surface area (Å²) in [6.45, 7) is 2.80. The van der Waals surface area contributed by atoms with Crippen LogP contribution < -0.4 is 15.2 Å². The van der Waals surface area contributed by atoms with Gasteiger partial charge in [0, 0.05) is 6.07 Å². The highest BCUT2D eigenvalue weighted by atomic mass is 16.5. The lowest BCUT2D eigenvalue weighted by molar-refractivity contribution is 0.300. The van der Waals surface area contributed by atoms with Gasteiger partial charge in [0.25, 0.3) is 0 Å². The van der Waals surface area contributed by atoms with Crippen LogP contribution >= 0.6 is 0 Å². The molecule has 5 nitrogen and oxygen atoms in total. The monoisotopic (exact) mass is 280 g/mol. The standard InChI is InChI=1S/C15H24N2O3/c1-3-4-5-6-7-10-20-14-11-12(19-2)8-9-13(14)15(16)17-18/h8-9,11,18H,3-7,10H2,1-2H3,(H2,16,17). The maximum atomic E-state index is 8.78. The molecule has 20 heavy (non-hydrogen) atoms. The fourth-order valence-corrected chi connectivity index (χ4v) is 1.90. The fourth-order valence-electron chi connectivity index (χ4n) is 1.90. The number of rotatable bonds is 9. The van der Waals surface area contributed by atoms with E-state index in [0.29, 0.717) is 23.7 Å². The summed E-state index contributed by atoms with van der Waals surface area (Å²) in [5.41, 5.74) is 6.21. The Balaban J connectivity index is 2.61. The van der Waals surface area contributed by atoms with Crippen molar-refractivity contribution >= 4 is 5.84 Å². The van der Waals surface area contributed by atoms with Crippen LogP contribution in [-0.2, 0) is 0 Å². The quantitative estimate of drug-likeness (QED) is 0.239. The smallest absolute Gasteiger partial charge is 0.173 e. The summed E-state index contributed by atoms with van der Waals surface area (Å²) < 4.78 is 10.9. The van der Waals surface area contributed by atoms with Crippen LogP contribution in [-0.4, -0.2) is 24.8 Å². The van der Waals surface area contributed by atoms with E-state index in [1.807, 2.05) is 0 Å². The Morgan fingerprint density at radius 2 is 2.00 bits per heavy atom. The van der Waals surface area contributed by atoms with E-state index in [0.717, 1.165) is 12.8 Å². The number of hydrogen-bond acceptors (Lipinski definition) is 4. The summed E-state index contributed by atoms with van der Waals surface area (Å²) in [4.78, 5) is 0. The lowest BCUT2D eigenvalue weighted by Gasteiger charge is -2.12. The second kappa shape index (κ2) is 9.07. The molecule has 112 valence electrons. The Kier molecular flexibility index (Phi) is 7.32. The average molecular weight is 280 g/mol. The number of ether oxygens (including phenoxy) is 2. The molecule has 0 saturated carbocycles. The second-order valence-corrected chi connectivity index (χ2v) is 4.61. The van der Waals surface area contributed by atoms with E-state index in [-0.39, 0.29) is 5.84 Å². The first-order valence-corrected chi connectivity index (χ1v) is 7.01. The molecule has 1 aromatic carbocycles. The van der Waals surface area contributed by atoms with Gasteiger partial charge in [-0.3, -0.25) is 0 Å². The van der Waals surface area contributed by atoms with Gasteiger partial charge in [-0.2, -0.15) is 0 Å². The van der Waals surface area contributed by atoms with Crippen LogP contribution in [0.2, 0.25) is 0 Å². The van der Waals surface area contributed by atoms with Crippen LogP contribution in [0.25, 0.3) is 0 Å². The number of hydrogen-bond donors (Lipinski definition) is 2. The maximum absolute atomic E-state index is 8.78. The van der Waals surface area contributed by atoms with Gasteiger partial charge in [-0.25, -0.2) is 0 Å². The first kappa shape index (κ1) is 16.1. The van der Waals surface area contributed by atoms with Crippen molar-refractivity contribution in [3.63, 3.8) is 0 Å². The van der Waals surface area contributed by atoms with Gasteiger partial charge >= 0.3 is 0 Å². The predicted molar refractivity (Wildman–Crippen MR) is 79.8 cm³/mol. The molecule has 0 spiro atoms. The molecular formula is C15H24N2O3. The Morgan fingerprint density at radius 1 is 1.25 bits per heavy atom. The molecule has 0 aliphatic carbocycles. The van der Waals surface area contributed by atoms with E-state index < -0.39 is 0 Å². The van der Waals surface area contributed by atoms with Crippen molar-refractivity contribution in [2.45, 2.75) is 39.0 Å². The summed E-state index contributed by atoms with van der Waals surface area (Å²) in [6.07, 6.45) is 5.85. The Morgan fingerprint density at radius 3 is 2.65 bits per heavy atom. The molecule has 1 rings (SSSR count). The van der Waals surface area contributed by atoms with Crippen LogP contribution in [0.5, 0.6) is 11.5 Å². The molecule has 0 aliphatic heterocycles. The number of nitrogens with zero attached hydrogens (tertiary/aromatic N) is 1. The van der Waals surface area contributed by atoms with E-state index in [1.165, 1.54) is 19.3 Å². The summed E-state index contributed by atoms with van der Waals surface area (Å²) >= 11 is 0. The molecule has 0 aromatic heterocycles. The van der Waals surface area contributed by atoms with Gasteiger partial charge in [-0.15, -0.1) is 0 Å². The van der Waals surface area contributed by atoms with E-state index in [4.69, 9.17) is 20.4 Å². The van der Waals surface area contributed by atoms with Crippen molar-refractivity contribution in [3.8, 4) is 11.5 Å². The van der Waals surface area contributed by atoms with Crippen molar-refractivity contribution < 1.29 is 14.7 Å². The summed E-state index contributed by atoms with van der Waals surface area (Å²) in [7, 11) is 1.59. The van der Waals surface area contributed by atoms with Gasteiger partial charge in [0.2, 0.25) is 0 Å². The average Bonchev–Trinajstić information content (AvgIpc) is 2.49. The number of amidine groups is 1. The fraction of sp³-hybridized carbons (Fsp3) is 0.533.